The number of rotatable bonds is 1. The fraction of sp³-hybridized carbons (Fsp3) is 0.571. The Morgan fingerprint density at radius 2 is 2.10 bits per heavy atom. The van der Waals surface area contributed by atoms with Gasteiger partial charge < -0.3 is 16.4 Å². The molecule has 0 spiro atoms. The molecule has 2 aromatic rings. The molecule has 0 aliphatic carbocycles. The van der Waals surface area contributed by atoms with Crippen LogP contribution in [0.4, 0.5) is 11.8 Å². The van der Waals surface area contributed by atoms with Gasteiger partial charge in [0.25, 0.3) is 0 Å². The van der Waals surface area contributed by atoms with Crippen molar-refractivity contribution >= 4 is 33.3 Å². The van der Waals surface area contributed by atoms with E-state index in [1.165, 1.54) is 4.88 Å². The van der Waals surface area contributed by atoms with Crippen LogP contribution in [-0.2, 0) is 5.41 Å². The van der Waals surface area contributed by atoms with Gasteiger partial charge in [-0.05, 0) is 17.9 Å². The molecule has 0 radical (unpaired) electrons. The van der Waals surface area contributed by atoms with Gasteiger partial charge in [0, 0.05) is 24.0 Å². The number of nitrogens with zero attached hydrogens (tertiary/aromatic N) is 3. The third kappa shape index (κ3) is 2.33. The molecule has 3 rings (SSSR count). The van der Waals surface area contributed by atoms with Crippen LogP contribution in [0.5, 0.6) is 0 Å². The van der Waals surface area contributed by atoms with Crippen molar-refractivity contribution in [2.45, 2.75) is 38.6 Å². The lowest BCUT2D eigenvalue weighted by molar-refractivity contribution is 0.604. The molecule has 1 fully saturated rings. The minimum atomic E-state index is 0.110. The summed E-state index contributed by atoms with van der Waals surface area (Å²) in [6, 6.07) is 2.36. The summed E-state index contributed by atoms with van der Waals surface area (Å²) in [5, 5.41) is 0. The Bertz CT molecular complexity index is 643. The van der Waals surface area contributed by atoms with Gasteiger partial charge in [0.15, 0.2) is 5.82 Å². The van der Waals surface area contributed by atoms with E-state index in [9.17, 15) is 0 Å². The molecular formula is C14H21N5S. The highest BCUT2D eigenvalue weighted by atomic mass is 32.1. The topological polar surface area (TPSA) is 81.1 Å². The maximum Gasteiger partial charge on any atom is 0.222 e. The molecule has 20 heavy (non-hydrogen) atoms. The highest BCUT2D eigenvalue weighted by Gasteiger charge is 2.25. The first-order valence-electron chi connectivity index (χ1n) is 6.92. The molecule has 3 heterocycles. The lowest BCUT2D eigenvalue weighted by Gasteiger charge is -2.18. The average molecular weight is 291 g/mol. The summed E-state index contributed by atoms with van der Waals surface area (Å²) in [6.45, 7) is 8.41. The molecule has 4 N–H and O–H groups in total. The van der Waals surface area contributed by atoms with Gasteiger partial charge in [0.05, 0.1) is 10.2 Å². The summed E-state index contributed by atoms with van der Waals surface area (Å²) >= 11 is 1.76. The Kier molecular flexibility index (Phi) is 3.10. The van der Waals surface area contributed by atoms with Crippen LogP contribution in [0.15, 0.2) is 6.07 Å². The summed E-state index contributed by atoms with van der Waals surface area (Å²) < 4.78 is 1.12. The minimum absolute atomic E-state index is 0.110. The van der Waals surface area contributed by atoms with Gasteiger partial charge in [0.2, 0.25) is 5.95 Å². The van der Waals surface area contributed by atoms with E-state index in [0.717, 1.165) is 35.5 Å². The Labute approximate surface area is 123 Å². The number of anilines is 2. The van der Waals surface area contributed by atoms with Crippen molar-refractivity contribution in [2.24, 2.45) is 5.73 Å². The number of fused-ring (bicyclic) bond motifs is 1. The SMILES string of the molecule is CC(C)(C)c1cc2nc(N)nc(N3CC[C@H](N)C3)c2s1. The lowest BCUT2D eigenvalue weighted by Crippen LogP contribution is -2.27. The predicted molar refractivity (Wildman–Crippen MR) is 85.3 cm³/mol. The van der Waals surface area contributed by atoms with Crippen molar-refractivity contribution in [1.29, 1.82) is 0 Å². The van der Waals surface area contributed by atoms with Gasteiger partial charge >= 0.3 is 0 Å². The monoisotopic (exact) mass is 291 g/mol. The van der Waals surface area contributed by atoms with Gasteiger partial charge in [-0.15, -0.1) is 11.3 Å². The molecule has 6 heteroatoms. The van der Waals surface area contributed by atoms with Crippen molar-refractivity contribution in [2.75, 3.05) is 23.7 Å². The number of nitrogens with two attached hydrogens (primary N) is 2. The fourth-order valence-electron chi connectivity index (χ4n) is 2.50. The van der Waals surface area contributed by atoms with E-state index in [4.69, 9.17) is 11.5 Å². The van der Waals surface area contributed by atoms with E-state index in [1.54, 1.807) is 11.3 Å². The number of aromatic nitrogens is 2. The van der Waals surface area contributed by atoms with Crippen LogP contribution in [0.1, 0.15) is 32.1 Å². The second-order valence-corrected chi connectivity index (χ2v) is 7.53. The Balaban J connectivity index is 2.13. The van der Waals surface area contributed by atoms with Gasteiger partial charge in [-0.1, -0.05) is 20.8 Å². The third-order valence-electron chi connectivity index (χ3n) is 3.63. The number of hydrogen-bond acceptors (Lipinski definition) is 6. The van der Waals surface area contributed by atoms with E-state index in [0.29, 0.717) is 5.95 Å². The molecule has 1 aliphatic heterocycles. The molecule has 0 unspecified atom stereocenters. The zero-order valence-corrected chi connectivity index (χ0v) is 13.0. The molecule has 1 aliphatic rings. The highest BCUT2D eigenvalue weighted by Crippen LogP contribution is 2.38. The average Bonchev–Trinajstić information content (AvgIpc) is 2.93. The first-order valence-corrected chi connectivity index (χ1v) is 7.74. The van der Waals surface area contributed by atoms with Crippen molar-refractivity contribution < 1.29 is 0 Å². The summed E-state index contributed by atoms with van der Waals surface area (Å²) in [4.78, 5) is 12.4. The fourth-order valence-corrected chi connectivity index (χ4v) is 3.67. The van der Waals surface area contributed by atoms with Crippen LogP contribution < -0.4 is 16.4 Å². The van der Waals surface area contributed by atoms with Gasteiger partial charge in [-0.25, -0.2) is 4.98 Å². The second kappa shape index (κ2) is 4.56. The Hall–Kier alpha value is -1.40. The van der Waals surface area contributed by atoms with Crippen molar-refractivity contribution in [1.82, 2.24) is 9.97 Å². The quantitative estimate of drug-likeness (QED) is 0.841. The van der Waals surface area contributed by atoms with Crippen molar-refractivity contribution in [3.05, 3.63) is 10.9 Å². The summed E-state index contributed by atoms with van der Waals surface area (Å²) in [5.41, 5.74) is 12.9. The Morgan fingerprint density at radius 1 is 1.35 bits per heavy atom. The Morgan fingerprint density at radius 3 is 2.70 bits per heavy atom. The van der Waals surface area contributed by atoms with Crippen LogP contribution in [0.2, 0.25) is 0 Å². The largest absolute Gasteiger partial charge is 0.368 e. The third-order valence-corrected chi connectivity index (χ3v) is 5.18. The van der Waals surface area contributed by atoms with Crippen LogP contribution >= 0.6 is 11.3 Å². The van der Waals surface area contributed by atoms with Gasteiger partial charge in [-0.2, -0.15) is 4.98 Å². The molecule has 0 bridgehead atoms. The normalized spacial score (nSPS) is 20.0. The lowest BCUT2D eigenvalue weighted by atomic mass is 9.95. The van der Waals surface area contributed by atoms with Gasteiger partial charge in [0.1, 0.15) is 0 Å². The second-order valence-electron chi connectivity index (χ2n) is 6.48. The molecule has 5 nitrogen and oxygen atoms in total. The maximum absolute atomic E-state index is 6.01. The molecule has 0 amide bonds. The highest BCUT2D eigenvalue weighted by molar-refractivity contribution is 7.19. The van der Waals surface area contributed by atoms with Crippen LogP contribution in [0.3, 0.4) is 0 Å². The number of hydrogen-bond donors (Lipinski definition) is 2. The van der Waals surface area contributed by atoms with Crippen LogP contribution in [0.25, 0.3) is 10.2 Å². The number of nitrogen functional groups attached to an aromatic ring is 1. The molecule has 1 saturated heterocycles. The van der Waals surface area contributed by atoms with E-state index >= 15 is 0 Å². The first-order chi connectivity index (χ1) is 9.34. The van der Waals surface area contributed by atoms with Crippen LogP contribution in [0, 0.1) is 0 Å². The maximum atomic E-state index is 6.01. The summed E-state index contributed by atoms with van der Waals surface area (Å²) in [7, 11) is 0. The molecular weight excluding hydrogens is 270 g/mol. The van der Waals surface area contributed by atoms with Crippen molar-refractivity contribution in [3.63, 3.8) is 0 Å². The minimum Gasteiger partial charge on any atom is -0.368 e. The van der Waals surface area contributed by atoms with E-state index < -0.39 is 0 Å². The molecule has 1 atom stereocenters. The smallest absolute Gasteiger partial charge is 0.222 e. The summed E-state index contributed by atoms with van der Waals surface area (Å²) in [6.07, 6.45) is 1.00. The number of thiophene rings is 1. The van der Waals surface area contributed by atoms with Crippen molar-refractivity contribution in [3.8, 4) is 0 Å². The summed E-state index contributed by atoms with van der Waals surface area (Å²) in [5.74, 6) is 1.28. The van der Waals surface area contributed by atoms with E-state index in [1.807, 2.05) is 0 Å². The molecule has 0 aromatic carbocycles. The van der Waals surface area contributed by atoms with Crippen LogP contribution in [-0.4, -0.2) is 29.1 Å². The first kappa shape index (κ1) is 13.6. The zero-order valence-electron chi connectivity index (χ0n) is 12.2. The van der Waals surface area contributed by atoms with Gasteiger partial charge in [-0.3, -0.25) is 0 Å². The molecule has 2 aromatic heterocycles. The molecule has 0 saturated carbocycles. The van der Waals surface area contributed by atoms with E-state index in [2.05, 4.69) is 41.7 Å². The molecule has 108 valence electrons. The standard InChI is InChI=1S/C14H21N5S/c1-14(2,3)10-6-9-11(20-10)12(18-13(16)17-9)19-5-4-8(15)7-19/h6,8H,4-5,7,15H2,1-3H3,(H2,16,17,18)/t8-/m0/s1. The van der Waals surface area contributed by atoms with E-state index in [-0.39, 0.29) is 11.5 Å². The predicted octanol–water partition coefficient (Wildman–Crippen LogP) is 2.11. The zero-order chi connectivity index (χ0) is 14.5.